The van der Waals surface area contributed by atoms with Crippen molar-refractivity contribution in [2.45, 2.75) is 37.2 Å². The van der Waals surface area contributed by atoms with Crippen LogP contribution >= 0.6 is 0 Å². The van der Waals surface area contributed by atoms with Crippen LogP contribution in [0.5, 0.6) is 5.75 Å². The van der Waals surface area contributed by atoms with Gasteiger partial charge in [0.05, 0.1) is 28.4 Å². The third-order valence-corrected chi connectivity index (χ3v) is 6.52. The maximum absolute atomic E-state index is 13.5. The standard InChI is InChI=1S/C22H18F5N3O4S/c1-12(22(25,26)27)34-20-6-4-15(35(2,32)33)8-16(20)21(31)29-9-13-10-30(28-19(13)11-29)14-3-5-17(23)18(24)7-14/h3-8,10,12H,9,11H2,1-2H3. The van der Waals surface area contributed by atoms with Gasteiger partial charge in [0.1, 0.15) is 5.75 Å². The highest BCUT2D eigenvalue weighted by molar-refractivity contribution is 7.90. The van der Waals surface area contributed by atoms with Crippen LogP contribution in [0.2, 0.25) is 0 Å². The molecule has 0 saturated heterocycles. The van der Waals surface area contributed by atoms with Gasteiger partial charge in [0, 0.05) is 30.6 Å². The molecule has 1 amide bonds. The Kier molecular flexibility index (Phi) is 6.07. The van der Waals surface area contributed by atoms with Crippen molar-refractivity contribution in [3.05, 3.63) is 71.1 Å². The molecule has 7 nitrogen and oxygen atoms in total. The first-order valence-electron chi connectivity index (χ1n) is 10.1. The van der Waals surface area contributed by atoms with Crippen LogP contribution in [0.25, 0.3) is 5.69 Å². The molecule has 1 aliphatic rings. The van der Waals surface area contributed by atoms with Gasteiger partial charge in [0.15, 0.2) is 27.6 Å². The molecule has 13 heteroatoms. The highest BCUT2D eigenvalue weighted by atomic mass is 32.2. The molecule has 35 heavy (non-hydrogen) atoms. The van der Waals surface area contributed by atoms with Crippen LogP contribution in [0.4, 0.5) is 22.0 Å². The topological polar surface area (TPSA) is 81.5 Å². The predicted molar refractivity (Wildman–Crippen MR) is 113 cm³/mol. The second-order valence-electron chi connectivity index (χ2n) is 8.04. The SMILES string of the molecule is CC(Oc1ccc(S(C)(=O)=O)cc1C(=O)N1Cc2cn(-c3ccc(F)c(F)c3)nc2C1)C(F)(F)F. The monoisotopic (exact) mass is 515 g/mol. The lowest BCUT2D eigenvalue weighted by Crippen LogP contribution is -2.33. The summed E-state index contributed by atoms with van der Waals surface area (Å²) in [6.07, 6.45) is -4.52. The normalized spacial score (nSPS) is 14.7. The fourth-order valence-corrected chi connectivity index (χ4v) is 4.14. The predicted octanol–water partition coefficient (Wildman–Crippen LogP) is 4.04. The van der Waals surface area contributed by atoms with E-state index in [9.17, 15) is 35.2 Å². The first kappa shape index (κ1) is 24.6. The molecule has 186 valence electrons. The molecule has 0 aliphatic carbocycles. The van der Waals surface area contributed by atoms with Gasteiger partial charge in [-0.25, -0.2) is 21.9 Å². The number of halogens is 5. The summed E-state index contributed by atoms with van der Waals surface area (Å²) < 4.78 is 96.0. The quantitative estimate of drug-likeness (QED) is 0.480. The Balaban J connectivity index is 1.62. The molecule has 0 fully saturated rings. The number of nitrogens with zero attached hydrogens (tertiary/aromatic N) is 3. The van der Waals surface area contributed by atoms with E-state index in [0.29, 0.717) is 11.3 Å². The van der Waals surface area contributed by atoms with E-state index >= 15 is 0 Å². The smallest absolute Gasteiger partial charge is 0.425 e. The zero-order valence-electron chi connectivity index (χ0n) is 18.3. The van der Waals surface area contributed by atoms with E-state index in [1.54, 1.807) is 0 Å². The van der Waals surface area contributed by atoms with Gasteiger partial charge in [-0.2, -0.15) is 18.3 Å². The van der Waals surface area contributed by atoms with Crippen molar-refractivity contribution >= 4 is 15.7 Å². The van der Waals surface area contributed by atoms with E-state index in [1.807, 2.05) is 0 Å². The van der Waals surface area contributed by atoms with Gasteiger partial charge in [-0.3, -0.25) is 4.79 Å². The number of rotatable bonds is 5. The molecule has 1 unspecified atom stereocenters. The molecular formula is C22H18F5N3O4S. The second-order valence-corrected chi connectivity index (χ2v) is 10.1. The Bertz CT molecular complexity index is 1400. The number of ether oxygens (including phenoxy) is 1. The van der Waals surface area contributed by atoms with Crippen molar-refractivity contribution < 1.29 is 39.9 Å². The van der Waals surface area contributed by atoms with Crippen LogP contribution in [0.15, 0.2) is 47.5 Å². The average Bonchev–Trinajstić information content (AvgIpc) is 3.33. The Morgan fingerprint density at radius 2 is 1.80 bits per heavy atom. The molecule has 0 spiro atoms. The van der Waals surface area contributed by atoms with E-state index in [1.165, 1.54) is 21.8 Å². The lowest BCUT2D eigenvalue weighted by molar-refractivity contribution is -0.189. The molecule has 1 atom stereocenters. The molecule has 0 saturated carbocycles. The van der Waals surface area contributed by atoms with Crippen molar-refractivity contribution in [3.8, 4) is 11.4 Å². The van der Waals surface area contributed by atoms with Crippen molar-refractivity contribution in [1.82, 2.24) is 14.7 Å². The molecule has 3 aromatic rings. The first-order valence-corrected chi connectivity index (χ1v) is 12.0. The van der Waals surface area contributed by atoms with Gasteiger partial charge in [0.2, 0.25) is 0 Å². The van der Waals surface area contributed by atoms with E-state index in [4.69, 9.17) is 4.74 Å². The van der Waals surface area contributed by atoms with Crippen LogP contribution in [0.3, 0.4) is 0 Å². The largest absolute Gasteiger partial charge is 0.480 e. The zero-order chi connectivity index (χ0) is 25.7. The molecular weight excluding hydrogens is 497 g/mol. The Hall–Kier alpha value is -3.48. The maximum atomic E-state index is 13.5. The van der Waals surface area contributed by atoms with E-state index in [-0.39, 0.29) is 29.2 Å². The fraction of sp³-hybridized carbons (Fsp3) is 0.273. The number of carbonyl (C=O) groups excluding carboxylic acids is 1. The van der Waals surface area contributed by atoms with Gasteiger partial charge in [0.25, 0.3) is 5.91 Å². The highest BCUT2D eigenvalue weighted by Crippen LogP contribution is 2.32. The van der Waals surface area contributed by atoms with Crippen molar-refractivity contribution in [2.24, 2.45) is 0 Å². The molecule has 2 heterocycles. The number of benzene rings is 2. The minimum atomic E-state index is -4.71. The van der Waals surface area contributed by atoms with E-state index in [2.05, 4.69) is 5.10 Å². The minimum absolute atomic E-state index is 0.00914. The second kappa shape index (κ2) is 8.63. The molecule has 1 aromatic heterocycles. The van der Waals surface area contributed by atoms with E-state index in [0.717, 1.165) is 43.5 Å². The summed E-state index contributed by atoms with van der Waals surface area (Å²) in [5.41, 5.74) is 0.929. The van der Waals surface area contributed by atoms with Crippen LogP contribution in [0, 0.1) is 11.6 Å². The number of hydrogen-bond acceptors (Lipinski definition) is 5. The molecule has 0 radical (unpaired) electrons. The van der Waals surface area contributed by atoms with Crippen LogP contribution < -0.4 is 4.74 Å². The molecule has 0 N–H and O–H groups in total. The average molecular weight is 515 g/mol. The maximum Gasteiger partial charge on any atom is 0.425 e. The molecule has 0 bridgehead atoms. The van der Waals surface area contributed by atoms with E-state index < -0.39 is 45.4 Å². The van der Waals surface area contributed by atoms with Crippen molar-refractivity contribution in [3.63, 3.8) is 0 Å². The summed E-state index contributed by atoms with van der Waals surface area (Å²) >= 11 is 0. The summed E-state index contributed by atoms with van der Waals surface area (Å²) in [7, 11) is -3.76. The number of carbonyl (C=O) groups is 1. The number of amides is 1. The van der Waals surface area contributed by atoms with Crippen LogP contribution in [0.1, 0.15) is 28.5 Å². The number of hydrogen-bond donors (Lipinski definition) is 0. The van der Waals surface area contributed by atoms with Gasteiger partial charge >= 0.3 is 6.18 Å². The minimum Gasteiger partial charge on any atom is -0.480 e. The summed E-state index contributed by atoms with van der Waals surface area (Å²) in [4.78, 5) is 14.2. The third-order valence-electron chi connectivity index (χ3n) is 5.41. The van der Waals surface area contributed by atoms with Crippen molar-refractivity contribution in [2.75, 3.05) is 6.26 Å². The molecule has 4 rings (SSSR count). The number of aromatic nitrogens is 2. The number of alkyl halides is 3. The van der Waals surface area contributed by atoms with Crippen LogP contribution in [-0.2, 0) is 22.9 Å². The first-order chi connectivity index (χ1) is 16.2. The zero-order valence-corrected chi connectivity index (χ0v) is 19.1. The van der Waals surface area contributed by atoms with Gasteiger partial charge < -0.3 is 9.64 Å². The highest BCUT2D eigenvalue weighted by Gasteiger charge is 2.39. The van der Waals surface area contributed by atoms with Gasteiger partial charge in [-0.15, -0.1) is 0 Å². The van der Waals surface area contributed by atoms with Gasteiger partial charge in [-0.05, 0) is 37.3 Å². The molecule has 1 aliphatic heterocycles. The fourth-order valence-electron chi connectivity index (χ4n) is 3.49. The third kappa shape index (κ3) is 4.99. The number of sulfone groups is 1. The Labute approximate surface area is 196 Å². The van der Waals surface area contributed by atoms with Crippen molar-refractivity contribution in [1.29, 1.82) is 0 Å². The molecule has 2 aromatic carbocycles. The Morgan fingerprint density at radius 1 is 1.09 bits per heavy atom. The Morgan fingerprint density at radius 3 is 2.40 bits per heavy atom. The summed E-state index contributed by atoms with van der Waals surface area (Å²) in [6, 6.07) is 6.30. The van der Waals surface area contributed by atoms with Gasteiger partial charge in [-0.1, -0.05) is 0 Å². The lowest BCUT2D eigenvalue weighted by atomic mass is 10.1. The number of fused-ring (bicyclic) bond motifs is 1. The lowest BCUT2D eigenvalue weighted by Gasteiger charge is -2.22. The summed E-state index contributed by atoms with van der Waals surface area (Å²) in [6.45, 7) is 0.739. The summed E-state index contributed by atoms with van der Waals surface area (Å²) in [5, 5.41) is 4.28. The van der Waals surface area contributed by atoms with Crippen LogP contribution in [-0.4, -0.2) is 47.5 Å². The summed E-state index contributed by atoms with van der Waals surface area (Å²) in [5.74, 6) is -3.23.